The Hall–Kier alpha value is -1.87. The molecule has 2 rings (SSSR count). The Morgan fingerprint density at radius 2 is 1.56 bits per heavy atom. The van der Waals surface area contributed by atoms with E-state index in [0.29, 0.717) is 6.61 Å². The summed E-state index contributed by atoms with van der Waals surface area (Å²) in [4.78, 5) is 0. The van der Waals surface area contributed by atoms with Crippen molar-refractivity contribution in [2.24, 2.45) is 0 Å². The van der Waals surface area contributed by atoms with Crippen molar-refractivity contribution in [1.29, 1.82) is 0 Å². The van der Waals surface area contributed by atoms with Gasteiger partial charge in [0.15, 0.2) is 0 Å². The number of nitrogens with one attached hydrogen (secondary N) is 1. The molecule has 2 aromatic carbocycles. The lowest BCUT2D eigenvalue weighted by molar-refractivity contribution is 0.306. The highest BCUT2D eigenvalue weighted by atomic mass is 19.1. The van der Waals surface area contributed by atoms with Gasteiger partial charge in [0, 0.05) is 6.54 Å². The van der Waals surface area contributed by atoms with Gasteiger partial charge in [-0.05, 0) is 42.4 Å². The molecular weight excluding hydrogens is 229 g/mol. The molecule has 3 heteroatoms. The summed E-state index contributed by atoms with van der Waals surface area (Å²) in [5.74, 6) is 0.592. The summed E-state index contributed by atoms with van der Waals surface area (Å²) < 4.78 is 18.3. The zero-order valence-corrected chi connectivity index (χ0v) is 10.3. The molecule has 0 fully saturated rings. The Morgan fingerprint density at radius 3 is 2.17 bits per heavy atom. The predicted molar refractivity (Wildman–Crippen MR) is 69.9 cm³/mol. The third kappa shape index (κ3) is 3.57. The van der Waals surface area contributed by atoms with E-state index in [1.54, 1.807) is 12.1 Å². The van der Waals surface area contributed by atoms with Crippen LogP contribution in [0.1, 0.15) is 11.1 Å². The summed E-state index contributed by atoms with van der Waals surface area (Å²) >= 11 is 0. The van der Waals surface area contributed by atoms with E-state index < -0.39 is 0 Å². The lowest BCUT2D eigenvalue weighted by Crippen LogP contribution is -2.04. The van der Waals surface area contributed by atoms with Gasteiger partial charge in [-0.25, -0.2) is 4.39 Å². The van der Waals surface area contributed by atoms with Gasteiger partial charge in [0.2, 0.25) is 0 Å². The Kier molecular flexibility index (Phi) is 4.31. The SMILES string of the molecule is CNCc1ccc(OCc2ccc(F)cc2)cc1. The molecule has 2 nitrogen and oxygen atoms in total. The summed E-state index contributed by atoms with van der Waals surface area (Å²) in [5, 5.41) is 3.09. The predicted octanol–water partition coefficient (Wildman–Crippen LogP) is 3.12. The van der Waals surface area contributed by atoms with Crippen molar-refractivity contribution in [2.45, 2.75) is 13.2 Å². The minimum Gasteiger partial charge on any atom is -0.489 e. The topological polar surface area (TPSA) is 21.3 Å². The van der Waals surface area contributed by atoms with E-state index in [-0.39, 0.29) is 5.82 Å². The molecule has 0 saturated carbocycles. The number of benzene rings is 2. The van der Waals surface area contributed by atoms with Crippen molar-refractivity contribution in [2.75, 3.05) is 7.05 Å². The van der Waals surface area contributed by atoms with Gasteiger partial charge in [-0.2, -0.15) is 0 Å². The second-order valence-electron chi connectivity index (χ2n) is 4.09. The maximum atomic E-state index is 12.7. The number of ether oxygens (including phenoxy) is 1. The van der Waals surface area contributed by atoms with Crippen LogP contribution in [0.3, 0.4) is 0 Å². The average molecular weight is 245 g/mol. The molecule has 1 N–H and O–H groups in total. The number of hydrogen-bond acceptors (Lipinski definition) is 2. The smallest absolute Gasteiger partial charge is 0.123 e. The molecule has 2 aromatic rings. The minimum atomic E-state index is -0.227. The highest BCUT2D eigenvalue weighted by molar-refractivity contribution is 5.27. The van der Waals surface area contributed by atoms with Crippen LogP contribution in [0.25, 0.3) is 0 Å². The molecule has 0 saturated heterocycles. The molecule has 0 spiro atoms. The first-order valence-electron chi connectivity index (χ1n) is 5.89. The molecule has 0 radical (unpaired) electrons. The van der Waals surface area contributed by atoms with Gasteiger partial charge >= 0.3 is 0 Å². The van der Waals surface area contributed by atoms with Crippen molar-refractivity contribution >= 4 is 0 Å². The lowest BCUT2D eigenvalue weighted by Gasteiger charge is -2.07. The minimum absolute atomic E-state index is 0.227. The Morgan fingerprint density at radius 1 is 0.944 bits per heavy atom. The quantitative estimate of drug-likeness (QED) is 0.873. The first-order chi connectivity index (χ1) is 8.78. The Balaban J connectivity index is 1.91. The summed E-state index contributed by atoms with van der Waals surface area (Å²) in [7, 11) is 1.92. The van der Waals surface area contributed by atoms with Crippen molar-refractivity contribution in [3.05, 3.63) is 65.5 Å². The zero-order chi connectivity index (χ0) is 12.8. The van der Waals surface area contributed by atoms with E-state index in [1.165, 1.54) is 17.7 Å². The number of rotatable bonds is 5. The van der Waals surface area contributed by atoms with Gasteiger partial charge in [-0.1, -0.05) is 24.3 Å². The van der Waals surface area contributed by atoms with Crippen molar-refractivity contribution in [3.63, 3.8) is 0 Å². The second kappa shape index (κ2) is 6.17. The molecule has 0 bridgehead atoms. The third-order valence-corrected chi connectivity index (χ3v) is 2.62. The van der Waals surface area contributed by atoms with Crippen molar-refractivity contribution < 1.29 is 9.13 Å². The maximum absolute atomic E-state index is 12.7. The van der Waals surface area contributed by atoms with E-state index >= 15 is 0 Å². The lowest BCUT2D eigenvalue weighted by atomic mass is 10.2. The van der Waals surface area contributed by atoms with E-state index in [1.807, 2.05) is 31.3 Å². The molecular formula is C15H16FNO. The van der Waals surface area contributed by atoms with Gasteiger partial charge in [0.05, 0.1) is 0 Å². The average Bonchev–Trinajstić information content (AvgIpc) is 2.40. The van der Waals surface area contributed by atoms with Crippen LogP contribution in [0.2, 0.25) is 0 Å². The fraction of sp³-hybridized carbons (Fsp3) is 0.200. The van der Waals surface area contributed by atoms with E-state index in [9.17, 15) is 4.39 Å². The van der Waals surface area contributed by atoms with Gasteiger partial charge in [-0.15, -0.1) is 0 Å². The molecule has 0 aliphatic heterocycles. The van der Waals surface area contributed by atoms with Crippen LogP contribution in [0.5, 0.6) is 5.75 Å². The molecule has 0 aromatic heterocycles. The highest BCUT2D eigenvalue weighted by Crippen LogP contribution is 2.14. The van der Waals surface area contributed by atoms with Crippen LogP contribution < -0.4 is 10.1 Å². The number of halogens is 1. The van der Waals surface area contributed by atoms with Gasteiger partial charge in [-0.3, -0.25) is 0 Å². The van der Waals surface area contributed by atoms with Crippen LogP contribution in [0, 0.1) is 5.82 Å². The van der Waals surface area contributed by atoms with Crippen molar-refractivity contribution in [3.8, 4) is 5.75 Å². The second-order valence-corrected chi connectivity index (χ2v) is 4.09. The summed E-state index contributed by atoms with van der Waals surface area (Å²) in [5.41, 5.74) is 2.17. The van der Waals surface area contributed by atoms with Crippen molar-refractivity contribution in [1.82, 2.24) is 5.32 Å². The van der Waals surface area contributed by atoms with Crippen LogP contribution in [-0.2, 0) is 13.2 Å². The monoisotopic (exact) mass is 245 g/mol. The fourth-order valence-corrected chi connectivity index (χ4v) is 1.65. The van der Waals surface area contributed by atoms with Gasteiger partial charge in [0.25, 0.3) is 0 Å². The molecule has 0 heterocycles. The molecule has 0 aliphatic rings. The first kappa shape index (κ1) is 12.6. The largest absolute Gasteiger partial charge is 0.489 e. The van der Waals surface area contributed by atoms with Crippen LogP contribution in [-0.4, -0.2) is 7.05 Å². The van der Waals surface area contributed by atoms with Gasteiger partial charge < -0.3 is 10.1 Å². The standard InChI is InChI=1S/C15H16FNO/c1-17-10-12-4-8-15(9-5-12)18-11-13-2-6-14(16)7-3-13/h2-9,17H,10-11H2,1H3. The Bertz CT molecular complexity index is 479. The van der Waals surface area contributed by atoms with Gasteiger partial charge in [0.1, 0.15) is 18.2 Å². The molecule has 0 aliphatic carbocycles. The molecule has 0 amide bonds. The van der Waals surface area contributed by atoms with Crippen LogP contribution >= 0.6 is 0 Å². The first-order valence-corrected chi connectivity index (χ1v) is 5.89. The fourth-order valence-electron chi connectivity index (χ4n) is 1.65. The van der Waals surface area contributed by atoms with E-state index in [2.05, 4.69) is 5.32 Å². The zero-order valence-electron chi connectivity index (χ0n) is 10.3. The van der Waals surface area contributed by atoms with Crippen LogP contribution in [0.15, 0.2) is 48.5 Å². The van der Waals surface area contributed by atoms with E-state index in [4.69, 9.17) is 4.74 Å². The Labute approximate surface area is 106 Å². The molecule has 94 valence electrons. The summed E-state index contributed by atoms with van der Waals surface area (Å²) in [6, 6.07) is 14.3. The molecule has 0 atom stereocenters. The van der Waals surface area contributed by atoms with E-state index in [0.717, 1.165) is 17.9 Å². The maximum Gasteiger partial charge on any atom is 0.123 e. The summed E-state index contributed by atoms with van der Waals surface area (Å²) in [6.45, 7) is 1.30. The third-order valence-electron chi connectivity index (χ3n) is 2.62. The summed E-state index contributed by atoms with van der Waals surface area (Å²) in [6.07, 6.45) is 0. The molecule has 0 unspecified atom stereocenters. The highest BCUT2D eigenvalue weighted by Gasteiger charge is 1.97. The molecule has 18 heavy (non-hydrogen) atoms. The number of hydrogen-bond donors (Lipinski definition) is 1. The normalized spacial score (nSPS) is 10.3. The van der Waals surface area contributed by atoms with Crippen LogP contribution in [0.4, 0.5) is 4.39 Å².